The molecule has 0 aliphatic carbocycles. The molecule has 3 aliphatic rings. The van der Waals surface area contributed by atoms with Crippen molar-refractivity contribution in [2.45, 2.75) is 37.4 Å². The van der Waals surface area contributed by atoms with Crippen LogP contribution in [0.4, 0.5) is 0 Å². The Morgan fingerprint density at radius 2 is 1.96 bits per heavy atom. The highest BCUT2D eigenvalue weighted by Crippen LogP contribution is 2.45. The number of piperidine rings is 1. The minimum Gasteiger partial charge on any atom is -0.334 e. The van der Waals surface area contributed by atoms with Crippen LogP contribution in [0, 0.1) is 12.8 Å². The summed E-state index contributed by atoms with van der Waals surface area (Å²) in [6.45, 7) is 5.54. The molecule has 4 heterocycles. The Bertz CT molecular complexity index is 785. The molecular weight excluding hydrogens is 352 g/mol. The fraction of sp³-hybridized carbons (Fsp3) is 0.778. The van der Waals surface area contributed by atoms with Crippen molar-refractivity contribution in [3.05, 3.63) is 17.5 Å². The zero-order valence-corrected chi connectivity index (χ0v) is 16.5. The molecule has 1 aromatic rings. The Balaban J connectivity index is 1.48. The van der Waals surface area contributed by atoms with Gasteiger partial charge in [0.15, 0.2) is 15.5 Å². The summed E-state index contributed by atoms with van der Waals surface area (Å²) < 4.78 is 26.6. The van der Waals surface area contributed by atoms with Crippen molar-refractivity contribution in [1.29, 1.82) is 0 Å². The predicted octanol–water partition coefficient (Wildman–Crippen LogP) is 0.844. The summed E-state index contributed by atoms with van der Waals surface area (Å²) in [4.78, 5) is 16.8. The summed E-state index contributed by atoms with van der Waals surface area (Å²) in [5.74, 6) is 0.245. The summed E-state index contributed by atoms with van der Waals surface area (Å²) in [6, 6.07) is 1.77. The van der Waals surface area contributed by atoms with Gasteiger partial charge in [-0.3, -0.25) is 9.48 Å². The Kier molecular flexibility index (Phi) is 4.38. The normalized spacial score (nSPS) is 27.6. The van der Waals surface area contributed by atoms with Gasteiger partial charge in [-0.25, -0.2) is 8.42 Å². The number of aryl methyl sites for hydroxylation is 2. The third kappa shape index (κ3) is 2.78. The monoisotopic (exact) mass is 380 g/mol. The standard InChI is InChI=1S/C18H28N4O3S/c1-14-10-16(19-20(14)2)17(23)22-12-18(13-22)15(6-9-26(18,24)25)11-21-7-4-3-5-8-21/h10,15H,3-9,11-13H2,1-2H3. The van der Waals surface area contributed by atoms with Crippen LogP contribution in [0.5, 0.6) is 0 Å². The first-order chi connectivity index (χ1) is 12.3. The van der Waals surface area contributed by atoms with Gasteiger partial charge in [-0.15, -0.1) is 0 Å². The molecule has 4 rings (SSSR count). The number of likely N-dealkylation sites (tertiary alicyclic amines) is 2. The second kappa shape index (κ2) is 6.34. The lowest BCUT2D eigenvalue weighted by Crippen LogP contribution is -2.69. The van der Waals surface area contributed by atoms with E-state index in [9.17, 15) is 13.2 Å². The Morgan fingerprint density at radius 1 is 1.27 bits per heavy atom. The Hall–Kier alpha value is -1.41. The molecule has 1 spiro atoms. The molecule has 0 radical (unpaired) electrons. The first-order valence-electron chi connectivity index (χ1n) is 9.57. The molecule has 7 nitrogen and oxygen atoms in total. The molecule has 8 heteroatoms. The van der Waals surface area contributed by atoms with E-state index < -0.39 is 14.6 Å². The lowest BCUT2D eigenvalue weighted by Gasteiger charge is -2.50. The van der Waals surface area contributed by atoms with E-state index in [1.54, 1.807) is 22.7 Å². The van der Waals surface area contributed by atoms with Crippen molar-refractivity contribution in [3.8, 4) is 0 Å². The minimum absolute atomic E-state index is 0.139. The Labute approximate surface area is 155 Å². The van der Waals surface area contributed by atoms with Gasteiger partial charge in [0, 0.05) is 32.4 Å². The third-order valence-corrected chi connectivity index (χ3v) is 9.17. The maximum absolute atomic E-state index is 12.8. The maximum Gasteiger partial charge on any atom is 0.274 e. The second-order valence-electron chi connectivity index (χ2n) is 8.19. The number of carbonyl (C=O) groups is 1. The second-order valence-corrected chi connectivity index (χ2v) is 10.6. The molecule has 1 aromatic heterocycles. The van der Waals surface area contributed by atoms with Crippen LogP contribution in [0.15, 0.2) is 6.07 Å². The van der Waals surface area contributed by atoms with Crippen LogP contribution in [0.3, 0.4) is 0 Å². The van der Waals surface area contributed by atoms with Crippen LogP contribution < -0.4 is 0 Å². The van der Waals surface area contributed by atoms with Gasteiger partial charge in [-0.05, 0) is 51.3 Å². The molecule has 26 heavy (non-hydrogen) atoms. The van der Waals surface area contributed by atoms with E-state index in [0.29, 0.717) is 18.8 Å². The fourth-order valence-electron chi connectivity index (χ4n) is 4.75. The fourth-order valence-corrected chi connectivity index (χ4v) is 7.16. The highest BCUT2D eigenvalue weighted by atomic mass is 32.2. The molecule has 1 atom stereocenters. The molecule has 0 N–H and O–H groups in total. The number of nitrogens with zero attached hydrogens (tertiary/aromatic N) is 4. The first-order valence-corrected chi connectivity index (χ1v) is 11.2. The summed E-state index contributed by atoms with van der Waals surface area (Å²) in [5, 5.41) is 4.24. The van der Waals surface area contributed by atoms with E-state index in [1.807, 2.05) is 6.92 Å². The van der Waals surface area contributed by atoms with Crippen LogP contribution in [0.2, 0.25) is 0 Å². The van der Waals surface area contributed by atoms with Gasteiger partial charge in [0.1, 0.15) is 4.75 Å². The summed E-state index contributed by atoms with van der Waals surface area (Å²) >= 11 is 0. The quantitative estimate of drug-likeness (QED) is 0.777. The number of aromatic nitrogens is 2. The van der Waals surface area contributed by atoms with E-state index in [4.69, 9.17) is 0 Å². The van der Waals surface area contributed by atoms with E-state index >= 15 is 0 Å². The zero-order valence-electron chi connectivity index (χ0n) is 15.6. The average Bonchev–Trinajstić information content (AvgIpc) is 3.03. The van der Waals surface area contributed by atoms with E-state index in [2.05, 4.69) is 10.00 Å². The van der Waals surface area contributed by atoms with Crippen molar-refractivity contribution in [1.82, 2.24) is 19.6 Å². The Morgan fingerprint density at radius 3 is 2.58 bits per heavy atom. The molecular formula is C18H28N4O3S. The highest BCUT2D eigenvalue weighted by molar-refractivity contribution is 7.93. The van der Waals surface area contributed by atoms with Gasteiger partial charge < -0.3 is 9.80 Å². The highest BCUT2D eigenvalue weighted by Gasteiger charge is 2.62. The predicted molar refractivity (Wildman–Crippen MR) is 98.8 cm³/mol. The SMILES string of the molecule is Cc1cc(C(=O)N2CC3(C2)C(CN2CCCCC2)CCS3(=O)=O)nn1C. The molecule has 3 aliphatic heterocycles. The average molecular weight is 381 g/mol. The lowest BCUT2D eigenvalue weighted by atomic mass is 9.82. The smallest absolute Gasteiger partial charge is 0.274 e. The van der Waals surface area contributed by atoms with Crippen LogP contribution in [0.25, 0.3) is 0 Å². The van der Waals surface area contributed by atoms with Gasteiger partial charge in [-0.1, -0.05) is 6.42 Å². The minimum atomic E-state index is -3.15. The molecule has 3 saturated heterocycles. The molecule has 0 saturated carbocycles. The van der Waals surface area contributed by atoms with Gasteiger partial charge >= 0.3 is 0 Å². The van der Waals surface area contributed by atoms with Gasteiger partial charge in [-0.2, -0.15) is 5.10 Å². The molecule has 144 valence electrons. The molecule has 3 fully saturated rings. The van der Waals surface area contributed by atoms with Crippen molar-refractivity contribution in [2.75, 3.05) is 38.5 Å². The molecule has 0 aromatic carbocycles. The van der Waals surface area contributed by atoms with E-state index in [1.165, 1.54) is 19.3 Å². The summed E-state index contributed by atoms with van der Waals surface area (Å²) in [5.41, 5.74) is 1.32. The molecule has 0 bridgehead atoms. The van der Waals surface area contributed by atoms with Gasteiger partial charge in [0.25, 0.3) is 5.91 Å². The third-order valence-electron chi connectivity index (χ3n) is 6.56. The number of rotatable bonds is 3. The zero-order chi connectivity index (χ0) is 18.5. The van der Waals surface area contributed by atoms with Crippen LogP contribution in [0.1, 0.15) is 41.9 Å². The first kappa shape index (κ1) is 18.0. The van der Waals surface area contributed by atoms with Crippen LogP contribution >= 0.6 is 0 Å². The van der Waals surface area contributed by atoms with Crippen molar-refractivity contribution < 1.29 is 13.2 Å². The van der Waals surface area contributed by atoms with Crippen LogP contribution in [-0.4, -0.2) is 77.1 Å². The number of sulfone groups is 1. The number of carbonyl (C=O) groups excluding carboxylic acids is 1. The van der Waals surface area contributed by atoms with Gasteiger partial charge in [0.05, 0.1) is 5.75 Å². The van der Waals surface area contributed by atoms with Crippen molar-refractivity contribution >= 4 is 15.7 Å². The maximum atomic E-state index is 12.8. The van der Waals surface area contributed by atoms with Crippen molar-refractivity contribution in [2.24, 2.45) is 13.0 Å². The molecule has 1 unspecified atom stereocenters. The largest absolute Gasteiger partial charge is 0.334 e. The van der Waals surface area contributed by atoms with Crippen molar-refractivity contribution in [3.63, 3.8) is 0 Å². The summed E-state index contributed by atoms with van der Waals surface area (Å²) in [7, 11) is -1.34. The summed E-state index contributed by atoms with van der Waals surface area (Å²) in [6.07, 6.45) is 4.41. The number of hydrogen-bond donors (Lipinski definition) is 0. The molecule has 1 amide bonds. The topological polar surface area (TPSA) is 75.5 Å². The van der Waals surface area contributed by atoms with E-state index in [0.717, 1.165) is 31.7 Å². The van der Waals surface area contributed by atoms with Gasteiger partial charge in [0.2, 0.25) is 0 Å². The lowest BCUT2D eigenvalue weighted by molar-refractivity contribution is 0.0405. The number of hydrogen-bond acceptors (Lipinski definition) is 5. The van der Waals surface area contributed by atoms with Crippen LogP contribution in [-0.2, 0) is 16.9 Å². The number of amides is 1. The van der Waals surface area contributed by atoms with E-state index in [-0.39, 0.29) is 17.6 Å².